The molecule has 0 radical (unpaired) electrons. The van der Waals surface area contributed by atoms with Crippen molar-refractivity contribution in [3.05, 3.63) is 9.90 Å². The number of halogens is 1. The monoisotopic (exact) mass is 392 g/mol. The summed E-state index contributed by atoms with van der Waals surface area (Å²) in [6.45, 7) is 0. The maximum atomic E-state index is 5.43. The molecule has 0 N–H and O–H groups in total. The van der Waals surface area contributed by atoms with Gasteiger partial charge in [0, 0.05) is 20.2 Å². The minimum Gasteiger partial charge on any atom is -0.381 e. The molecule has 19 heavy (non-hydrogen) atoms. The molecule has 0 spiro atoms. The number of rotatable bonds is 3. The lowest BCUT2D eigenvalue weighted by Crippen LogP contribution is -2.36. The zero-order valence-electron chi connectivity index (χ0n) is 11.0. The number of hydrogen-bond acceptors (Lipinski definition) is 5. The van der Waals surface area contributed by atoms with Crippen LogP contribution in [0.15, 0.2) is 6.20 Å². The van der Waals surface area contributed by atoms with Crippen LogP contribution in [0.25, 0.3) is 4.96 Å². The third-order valence-corrected chi connectivity index (χ3v) is 5.36. The molecular weight excluding hydrogens is 375 g/mol. The average Bonchev–Trinajstić information content (AvgIpc) is 2.95. The summed E-state index contributed by atoms with van der Waals surface area (Å²) in [5, 5.41) is 5.67. The van der Waals surface area contributed by atoms with Gasteiger partial charge in [0.1, 0.15) is 3.70 Å². The highest BCUT2D eigenvalue weighted by molar-refractivity contribution is 14.1. The van der Waals surface area contributed by atoms with E-state index in [1.807, 2.05) is 17.8 Å². The summed E-state index contributed by atoms with van der Waals surface area (Å²) in [7, 11) is 3.95. The number of fused-ring (bicyclic) bond motifs is 1. The number of imidazole rings is 1. The van der Waals surface area contributed by atoms with Crippen LogP contribution in [0.1, 0.15) is 25.7 Å². The second-order valence-corrected chi connectivity index (χ2v) is 6.99. The Balaban J connectivity index is 1.72. The van der Waals surface area contributed by atoms with Crippen LogP contribution in [-0.4, -0.2) is 40.9 Å². The van der Waals surface area contributed by atoms with Gasteiger partial charge in [-0.15, -0.1) is 5.10 Å². The van der Waals surface area contributed by atoms with E-state index in [1.165, 1.54) is 12.8 Å². The second-order valence-electron chi connectivity index (χ2n) is 4.95. The van der Waals surface area contributed by atoms with Crippen molar-refractivity contribution in [2.75, 3.05) is 19.1 Å². The third-order valence-electron chi connectivity index (χ3n) is 3.83. The van der Waals surface area contributed by atoms with Crippen LogP contribution in [0, 0.1) is 3.70 Å². The number of methoxy groups -OCH3 is 1. The first-order valence-corrected chi connectivity index (χ1v) is 8.34. The molecule has 0 atom stereocenters. The van der Waals surface area contributed by atoms with E-state index in [1.54, 1.807) is 11.3 Å². The fourth-order valence-corrected chi connectivity index (χ4v) is 4.20. The highest BCUT2D eigenvalue weighted by Crippen LogP contribution is 2.30. The molecule has 104 valence electrons. The van der Waals surface area contributed by atoms with Gasteiger partial charge in [-0.3, -0.25) is 0 Å². The number of ether oxygens (including phenoxy) is 1. The second kappa shape index (κ2) is 5.53. The fourth-order valence-electron chi connectivity index (χ4n) is 2.63. The van der Waals surface area contributed by atoms with Crippen molar-refractivity contribution in [1.29, 1.82) is 0 Å². The molecule has 0 aromatic carbocycles. The van der Waals surface area contributed by atoms with Gasteiger partial charge in [0.2, 0.25) is 10.1 Å². The maximum Gasteiger partial charge on any atom is 0.214 e. The zero-order valence-corrected chi connectivity index (χ0v) is 14.0. The van der Waals surface area contributed by atoms with Crippen LogP contribution in [0.5, 0.6) is 0 Å². The van der Waals surface area contributed by atoms with Crippen molar-refractivity contribution >= 4 is 44.0 Å². The molecule has 2 aromatic heterocycles. The predicted molar refractivity (Wildman–Crippen MR) is 85.0 cm³/mol. The van der Waals surface area contributed by atoms with Crippen molar-refractivity contribution in [2.24, 2.45) is 0 Å². The van der Waals surface area contributed by atoms with Gasteiger partial charge in [-0.2, -0.15) is 0 Å². The minimum absolute atomic E-state index is 0.444. The van der Waals surface area contributed by atoms with Crippen LogP contribution in [0.3, 0.4) is 0 Å². The summed E-state index contributed by atoms with van der Waals surface area (Å²) >= 11 is 3.87. The van der Waals surface area contributed by atoms with Gasteiger partial charge in [-0.05, 0) is 48.3 Å². The van der Waals surface area contributed by atoms with E-state index in [0.29, 0.717) is 12.1 Å². The number of hydrogen-bond donors (Lipinski definition) is 0. The molecule has 7 heteroatoms. The van der Waals surface area contributed by atoms with E-state index in [4.69, 9.17) is 4.74 Å². The zero-order chi connectivity index (χ0) is 13.4. The number of aromatic nitrogens is 3. The summed E-state index contributed by atoms with van der Waals surface area (Å²) in [5.41, 5.74) is 0. The van der Waals surface area contributed by atoms with Crippen LogP contribution >= 0.6 is 33.9 Å². The number of nitrogens with zero attached hydrogens (tertiary/aromatic N) is 4. The lowest BCUT2D eigenvalue weighted by Gasteiger charge is -2.33. The van der Waals surface area contributed by atoms with Crippen LogP contribution < -0.4 is 4.90 Å². The van der Waals surface area contributed by atoms with Gasteiger partial charge in [0.05, 0.1) is 12.3 Å². The molecule has 1 aliphatic carbocycles. The molecule has 0 bridgehead atoms. The minimum atomic E-state index is 0.444. The highest BCUT2D eigenvalue weighted by Gasteiger charge is 2.25. The molecule has 3 rings (SSSR count). The van der Waals surface area contributed by atoms with Crippen molar-refractivity contribution < 1.29 is 4.74 Å². The first-order valence-electron chi connectivity index (χ1n) is 6.44. The lowest BCUT2D eigenvalue weighted by atomic mass is 9.92. The Kier molecular flexibility index (Phi) is 3.95. The Bertz CT molecular complexity index is 530. The molecule has 0 aliphatic heterocycles. The Morgan fingerprint density at radius 2 is 2.16 bits per heavy atom. The van der Waals surface area contributed by atoms with Crippen molar-refractivity contribution in [2.45, 2.75) is 37.8 Å². The number of anilines is 1. The molecule has 2 heterocycles. The molecule has 0 amide bonds. The summed E-state index contributed by atoms with van der Waals surface area (Å²) in [6, 6.07) is 0.571. The third kappa shape index (κ3) is 2.73. The van der Waals surface area contributed by atoms with Gasteiger partial charge in [0.25, 0.3) is 0 Å². The SMILES string of the molecule is COC1CCC(N(C)c2nn3cc(I)nc3s2)CC1. The van der Waals surface area contributed by atoms with Crippen molar-refractivity contribution in [3.8, 4) is 0 Å². The lowest BCUT2D eigenvalue weighted by molar-refractivity contribution is 0.0660. The average molecular weight is 392 g/mol. The van der Waals surface area contributed by atoms with Crippen LogP contribution in [0.2, 0.25) is 0 Å². The standard InChI is InChI=1S/C12H17IN4OS/c1-16(8-3-5-9(18-2)6-4-8)12-15-17-7-10(13)14-11(17)19-12/h7-9H,3-6H2,1-2H3. The van der Waals surface area contributed by atoms with Crippen LogP contribution in [0.4, 0.5) is 5.13 Å². The molecular formula is C12H17IN4OS. The molecule has 0 unspecified atom stereocenters. The summed E-state index contributed by atoms with van der Waals surface area (Å²) in [5.74, 6) is 0. The maximum absolute atomic E-state index is 5.43. The Hall–Kier alpha value is -0.410. The van der Waals surface area contributed by atoms with Crippen LogP contribution in [-0.2, 0) is 4.74 Å². The first kappa shape index (κ1) is 13.6. The molecule has 1 saturated carbocycles. The van der Waals surface area contributed by atoms with Gasteiger partial charge < -0.3 is 9.64 Å². The van der Waals surface area contributed by atoms with Crippen molar-refractivity contribution in [3.63, 3.8) is 0 Å². The Labute approximate surface area is 130 Å². The quantitative estimate of drug-likeness (QED) is 0.754. The molecule has 1 fully saturated rings. The topological polar surface area (TPSA) is 42.7 Å². The van der Waals surface area contributed by atoms with E-state index in [0.717, 1.165) is 26.6 Å². The highest BCUT2D eigenvalue weighted by atomic mass is 127. The normalized spacial score (nSPS) is 23.9. The van der Waals surface area contributed by atoms with Gasteiger partial charge >= 0.3 is 0 Å². The molecule has 0 saturated heterocycles. The first-order chi connectivity index (χ1) is 9.17. The van der Waals surface area contributed by atoms with Crippen molar-refractivity contribution in [1.82, 2.24) is 14.6 Å². The van der Waals surface area contributed by atoms with E-state index < -0.39 is 0 Å². The van der Waals surface area contributed by atoms with E-state index in [2.05, 4.69) is 44.6 Å². The molecule has 1 aliphatic rings. The van der Waals surface area contributed by atoms with Gasteiger partial charge in [-0.1, -0.05) is 11.3 Å². The summed E-state index contributed by atoms with van der Waals surface area (Å²) in [6.07, 6.45) is 7.05. The smallest absolute Gasteiger partial charge is 0.214 e. The van der Waals surface area contributed by atoms with E-state index in [-0.39, 0.29) is 0 Å². The summed E-state index contributed by atoms with van der Waals surface area (Å²) < 4.78 is 8.29. The summed E-state index contributed by atoms with van der Waals surface area (Å²) in [4.78, 5) is 7.72. The van der Waals surface area contributed by atoms with Gasteiger partial charge in [-0.25, -0.2) is 9.50 Å². The fraction of sp³-hybridized carbons (Fsp3) is 0.667. The Morgan fingerprint density at radius 3 is 2.79 bits per heavy atom. The predicted octanol–water partition coefficient (Wildman–Crippen LogP) is 2.79. The molecule has 2 aromatic rings. The molecule has 5 nitrogen and oxygen atoms in total. The Morgan fingerprint density at radius 1 is 1.42 bits per heavy atom. The largest absolute Gasteiger partial charge is 0.381 e. The van der Waals surface area contributed by atoms with E-state index >= 15 is 0 Å². The van der Waals surface area contributed by atoms with Gasteiger partial charge in [0.15, 0.2) is 0 Å². The van der Waals surface area contributed by atoms with E-state index in [9.17, 15) is 0 Å².